The molecule has 0 spiro atoms. The van der Waals surface area contributed by atoms with Gasteiger partial charge in [-0.1, -0.05) is 18.2 Å². The molecule has 0 fully saturated rings. The average Bonchev–Trinajstić information content (AvgIpc) is 3.00. The van der Waals surface area contributed by atoms with E-state index in [1.54, 1.807) is 22.8 Å². The Labute approximate surface area is 155 Å². The van der Waals surface area contributed by atoms with Crippen LogP contribution in [0.5, 0.6) is 11.5 Å². The number of hydrogen-bond donors (Lipinski definition) is 0. The van der Waals surface area contributed by atoms with Crippen LogP contribution >= 0.6 is 0 Å². The largest absolute Gasteiger partial charge is 0.486 e. The number of ether oxygens (including phenoxy) is 3. The summed E-state index contributed by atoms with van der Waals surface area (Å²) in [6.07, 6.45) is 0.682. The minimum absolute atomic E-state index is 0.158. The number of carbonyl (C=O) groups excluding carboxylic acids is 1. The number of oxazole rings is 1. The molecular formula is C20H19NO6. The van der Waals surface area contributed by atoms with Gasteiger partial charge in [0.15, 0.2) is 17.1 Å². The Hall–Kier alpha value is -3.22. The maximum atomic E-state index is 12.0. The van der Waals surface area contributed by atoms with Crippen molar-refractivity contribution >= 4 is 17.1 Å². The molecule has 4 rings (SSSR count). The average molecular weight is 369 g/mol. The Kier molecular flexibility index (Phi) is 4.82. The van der Waals surface area contributed by atoms with E-state index in [1.165, 1.54) is 0 Å². The highest BCUT2D eigenvalue weighted by molar-refractivity contribution is 5.73. The van der Waals surface area contributed by atoms with Crippen LogP contribution in [0.4, 0.5) is 0 Å². The Morgan fingerprint density at radius 1 is 1.07 bits per heavy atom. The molecule has 2 heterocycles. The van der Waals surface area contributed by atoms with Crippen LogP contribution in [0.15, 0.2) is 51.7 Å². The van der Waals surface area contributed by atoms with Gasteiger partial charge >= 0.3 is 11.7 Å². The van der Waals surface area contributed by atoms with Crippen molar-refractivity contribution in [3.05, 3.63) is 58.6 Å². The highest BCUT2D eigenvalue weighted by Crippen LogP contribution is 2.30. The van der Waals surface area contributed by atoms with Gasteiger partial charge in [-0.05, 0) is 36.2 Å². The Balaban J connectivity index is 1.28. The summed E-state index contributed by atoms with van der Waals surface area (Å²) in [7, 11) is 0. The summed E-state index contributed by atoms with van der Waals surface area (Å²) in [5, 5.41) is 0. The van der Waals surface area contributed by atoms with Crippen LogP contribution in [0.25, 0.3) is 11.1 Å². The fourth-order valence-electron chi connectivity index (χ4n) is 3.05. The van der Waals surface area contributed by atoms with Crippen molar-refractivity contribution in [1.82, 2.24) is 4.57 Å². The van der Waals surface area contributed by atoms with E-state index in [4.69, 9.17) is 18.6 Å². The first-order valence-corrected chi connectivity index (χ1v) is 8.83. The van der Waals surface area contributed by atoms with Gasteiger partial charge in [-0.2, -0.15) is 0 Å². The van der Waals surface area contributed by atoms with Gasteiger partial charge in [0.05, 0.1) is 18.5 Å². The first-order valence-electron chi connectivity index (χ1n) is 8.83. The number of hydrogen-bond acceptors (Lipinski definition) is 6. The molecule has 27 heavy (non-hydrogen) atoms. The van der Waals surface area contributed by atoms with E-state index in [0.717, 1.165) is 11.1 Å². The third-order valence-corrected chi connectivity index (χ3v) is 4.32. The predicted octanol–water partition coefficient (Wildman–Crippen LogP) is 2.54. The Morgan fingerprint density at radius 3 is 2.78 bits per heavy atom. The molecule has 0 radical (unpaired) electrons. The number of rotatable bonds is 6. The highest BCUT2D eigenvalue weighted by Gasteiger charge is 2.14. The number of fused-ring (bicyclic) bond motifs is 2. The topological polar surface area (TPSA) is 79.9 Å². The summed E-state index contributed by atoms with van der Waals surface area (Å²) < 4.78 is 23.0. The lowest BCUT2D eigenvalue weighted by Crippen LogP contribution is -2.17. The minimum atomic E-state index is -0.404. The molecule has 0 atom stereocenters. The van der Waals surface area contributed by atoms with E-state index in [1.807, 2.05) is 24.3 Å². The summed E-state index contributed by atoms with van der Waals surface area (Å²) in [5.41, 5.74) is 2.10. The van der Waals surface area contributed by atoms with E-state index in [2.05, 4.69) is 0 Å². The van der Waals surface area contributed by atoms with Crippen molar-refractivity contribution in [2.75, 3.05) is 19.8 Å². The quantitative estimate of drug-likeness (QED) is 0.491. The minimum Gasteiger partial charge on any atom is -0.486 e. The fourth-order valence-corrected chi connectivity index (χ4v) is 3.05. The monoisotopic (exact) mass is 369 g/mol. The van der Waals surface area contributed by atoms with Crippen molar-refractivity contribution in [1.29, 1.82) is 0 Å². The molecule has 0 N–H and O–H groups in total. The van der Waals surface area contributed by atoms with E-state index < -0.39 is 5.76 Å². The zero-order chi connectivity index (χ0) is 18.6. The molecule has 3 aromatic rings. The van der Waals surface area contributed by atoms with Crippen LogP contribution < -0.4 is 15.2 Å². The number of esters is 1. The maximum absolute atomic E-state index is 12.0. The number of aromatic nitrogens is 1. The van der Waals surface area contributed by atoms with Gasteiger partial charge in [0, 0.05) is 6.54 Å². The van der Waals surface area contributed by atoms with Crippen LogP contribution in [0, 0.1) is 0 Å². The molecule has 2 aromatic carbocycles. The Morgan fingerprint density at radius 2 is 1.89 bits per heavy atom. The lowest BCUT2D eigenvalue weighted by atomic mass is 10.1. The summed E-state index contributed by atoms with van der Waals surface area (Å²) in [6, 6.07) is 12.7. The molecule has 1 aromatic heterocycles. The van der Waals surface area contributed by atoms with E-state index in [9.17, 15) is 9.59 Å². The smallest absolute Gasteiger partial charge is 0.419 e. The van der Waals surface area contributed by atoms with Crippen LogP contribution in [-0.4, -0.2) is 30.4 Å². The first-order chi connectivity index (χ1) is 13.2. The standard InChI is InChI=1S/C20H19NO6/c22-19(13-14-6-7-17-18(12-14)25-11-10-24-17)26-9-3-8-21-15-4-1-2-5-16(15)27-20(21)23/h1-2,4-7,12H,3,8-11,13H2. The van der Waals surface area contributed by atoms with Gasteiger partial charge in [-0.15, -0.1) is 0 Å². The van der Waals surface area contributed by atoms with Gasteiger partial charge < -0.3 is 18.6 Å². The normalized spacial score (nSPS) is 12.9. The summed E-state index contributed by atoms with van der Waals surface area (Å²) >= 11 is 0. The van der Waals surface area contributed by atoms with E-state index in [0.29, 0.717) is 43.3 Å². The molecule has 0 aliphatic carbocycles. The van der Waals surface area contributed by atoms with Gasteiger partial charge in [0.2, 0.25) is 0 Å². The van der Waals surface area contributed by atoms with E-state index in [-0.39, 0.29) is 19.0 Å². The van der Waals surface area contributed by atoms with Crippen LogP contribution in [0.2, 0.25) is 0 Å². The fraction of sp³-hybridized carbons (Fsp3) is 0.300. The predicted molar refractivity (Wildman–Crippen MR) is 97.2 cm³/mol. The second-order valence-corrected chi connectivity index (χ2v) is 6.22. The molecule has 0 amide bonds. The number of carbonyl (C=O) groups is 1. The number of aryl methyl sites for hydroxylation is 1. The van der Waals surface area contributed by atoms with Crippen molar-refractivity contribution in [3.63, 3.8) is 0 Å². The molecule has 1 aliphatic heterocycles. The third-order valence-electron chi connectivity index (χ3n) is 4.32. The Bertz CT molecular complexity index is 1020. The lowest BCUT2D eigenvalue weighted by molar-refractivity contribution is -0.143. The second kappa shape index (κ2) is 7.57. The third kappa shape index (κ3) is 3.81. The molecule has 140 valence electrons. The molecule has 7 heteroatoms. The molecule has 1 aliphatic rings. The van der Waals surface area contributed by atoms with Crippen molar-refractivity contribution in [2.24, 2.45) is 0 Å². The number of para-hydroxylation sites is 2. The van der Waals surface area contributed by atoms with Gasteiger partial charge in [-0.25, -0.2) is 4.79 Å². The summed E-state index contributed by atoms with van der Waals surface area (Å²) in [5.74, 6) is 0.615. The van der Waals surface area contributed by atoms with Crippen molar-refractivity contribution in [2.45, 2.75) is 19.4 Å². The van der Waals surface area contributed by atoms with Crippen LogP contribution in [-0.2, 0) is 22.5 Å². The molecule has 0 unspecified atom stereocenters. The van der Waals surface area contributed by atoms with E-state index >= 15 is 0 Å². The lowest BCUT2D eigenvalue weighted by Gasteiger charge is -2.18. The molecule has 0 saturated heterocycles. The zero-order valence-corrected chi connectivity index (χ0v) is 14.7. The summed E-state index contributed by atoms with van der Waals surface area (Å²) in [4.78, 5) is 23.9. The first kappa shape index (κ1) is 17.2. The number of nitrogens with zero attached hydrogens (tertiary/aromatic N) is 1. The van der Waals surface area contributed by atoms with Crippen molar-refractivity contribution < 1.29 is 23.4 Å². The zero-order valence-electron chi connectivity index (χ0n) is 14.7. The van der Waals surface area contributed by atoms with Gasteiger partial charge in [0.1, 0.15) is 13.2 Å². The molecule has 0 saturated carbocycles. The summed E-state index contributed by atoms with van der Waals surface area (Å²) in [6.45, 7) is 1.69. The van der Waals surface area contributed by atoms with Gasteiger partial charge in [0.25, 0.3) is 0 Å². The van der Waals surface area contributed by atoms with Crippen molar-refractivity contribution in [3.8, 4) is 11.5 Å². The second-order valence-electron chi connectivity index (χ2n) is 6.22. The molecule has 0 bridgehead atoms. The highest BCUT2D eigenvalue weighted by atomic mass is 16.6. The van der Waals surface area contributed by atoms with Crippen LogP contribution in [0.3, 0.4) is 0 Å². The molecule has 7 nitrogen and oxygen atoms in total. The number of benzene rings is 2. The van der Waals surface area contributed by atoms with Gasteiger partial charge in [-0.3, -0.25) is 9.36 Å². The maximum Gasteiger partial charge on any atom is 0.419 e. The SMILES string of the molecule is O=C(Cc1ccc2c(c1)OCCO2)OCCCn1c(=O)oc2ccccc21. The molecular weight excluding hydrogens is 350 g/mol. The van der Waals surface area contributed by atoms with Crippen LogP contribution in [0.1, 0.15) is 12.0 Å².